The zero-order valence-electron chi connectivity index (χ0n) is 10.1. The van der Waals surface area contributed by atoms with E-state index in [-0.39, 0.29) is 6.61 Å². The summed E-state index contributed by atoms with van der Waals surface area (Å²) in [6, 6.07) is 6.00. The van der Waals surface area contributed by atoms with E-state index < -0.39 is 0 Å². The van der Waals surface area contributed by atoms with E-state index in [1.165, 1.54) is 4.88 Å². The van der Waals surface area contributed by atoms with Gasteiger partial charge < -0.3 is 10.0 Å². The van der Waals surface area contributed by atoms with Crippen LogP contribution >= 0.6 is 22.9 Å². The monoisotopic (exact) mass is 282 g/mol. The number of hydrogen-bond donors (Lipinski definition) is 1. The highest BCUT2D eigenvalue weighted by atomic mass is 35.5. The topological polar surface area (TPSA) is 36.4 Å². The van der Waals surface area contributed by atoms with Gasteiger partial charge in [-0.3, -0.25) is 0 Å². The molecule has 2 aromatic rings. The van der Waals surface area contributed by atoms with Crippen molar-refractivity contribution >= 4 is 28.8 Å². The summed E-state index contributed by atoms with van der Waals surface area (Å²) in [7, 11) is 0. The lowest BCUT2D eigenvalue weighted by Gasteiger charge is -2.21. The molecule has 1 N–H and O–H groups in total. The van der Waals surface area contributed by atoms with E-state index in [1.54, 1.807) is 17.5 Å². The van der Waals surface area contributed by atoms with Crippen molar-refractivity contribution in [1.82, 2.24) is 4.98 Å². The number of anilines is 1. The molecule has 0 bridgehead atoms. The molecule has 96 valence electrons. The van der Waals surface area contributed by atoms with E-state index in [0.717, 1.165) is 18.9 Å². The fraction of sp³-hybridized carbons (Fsp3) is 0.308. The van der Waals surface area contributed by atoms with Crippen LogP contribution in [-0.4, -0.2) is 16.6 Å². The molecule has 0 saturated carbocycles. The molecule has 0 unspecified atom stereocenters. The largest absolute Gasteiger partial charge is 0.392 e. The Morgan fingerprint density at radius 3 is 2.94 bits per heavy atom. The lowest BCUT2D eigenvalue weighted by Crippen LogP contribution is -2.22. The maximum absolute atomic E-state index is 9.23. The van der Waals surface area contributed by atoms with Gasteiger partial charge in [0, 0.05) is 23.2 Å². The van der Waals surface area contributed by atoms with Gasteiger partial charge in [0.15, 0.2) is 0 Å². The normalized spacial score (nSPS) is 10.6. The molecule has 0 aliphatic heterocycles. The molecule has 0 saturated heterocycles. The van der Waals surface area contributed by atoms with Gasteiger partial charge in [-0.2, -0.15) is 0 Å². The van der Waals surface area contributed by atoms with Gasteiger partial charge in [-0.1, -0.05) is 17.7 Å². The summed E-state index contributed by atoms with van der Waals surface area (Å²) in [5.41, 5.74) is 0.714. The summed E-state index contributed by atoms with van der Waals surface area (Å²) in [6.45, 7) is 3.71. The second-order valence-electron chi connectivity index (χ2n) is 3.89. The lowest BCUT2D eigenvalue weighted by molar-refractivity contribution is 0.282. The number of aliphatic hydroxyl groups is 1. The molecular formula is C13H15ClN2OS. The van der Waals surface area contributed by atoms with Crippen molar-refractivity contribution in [2.24, 2.45) is 0 Å². The van der Waals surface area contributed by atoms with E-state index in [0.29, 0.717) is 10.6 Å². The number of aliphatic hydroxyl groups excluding tert-OH is 1. The quantitative estimate of drug-likeness (QED) is 0.914. The second kappa shape index (κ2) is 6.18. The summed E-state index contributed by atoms with van der Waals surface area (Å²) >= 11 is 7.68. The first-order valence-corrected chi connectivity index (χ1v) is 7.03. The summed E-state index contributed by atoms with van der Waals surface area (Å²) < 4.78 is 0. The van der Waals surface area contributed by atoms with Crippen molar-refractivity contribution < 1.29 is 5.11 Å². The first-order valence-electron chi connectivity index (χ1n) is 5.77. The Balaban J connectivity index is 2.21. The SMILES string of the molecule is CCN(Cc1cccs1)c1cc(CO)c(Cl)cn1. The van der Waals surface area contributed by atoms with Crippen LogP contribution in [0.4, 0.5) is 5.82 Å². The molecule has 0 fully saturated rings. The maximum atomic E-state index is 9.23. The van der Waals surface area contributed by atoms with Gasteiger partial charge in [0.2, 0.25) is 0 Å². The number of pyridine rings is 1. The van der Waals surface area contributed by atoms with Gasteiger partial charge in [-0.15, -0.1) is 11.3 Å². The fourth-order valence-electron chi connectivity index (χ4n) is 1.71. The molecule has 5 heteroatoms. The zero-order valence-corrected chi connectivity index (χ0v) is 11.7. The van der Waals surface area contributed by atoms with Gasteiger partial charge >= 0.3 is 0 Å². The third-order valence-electron chi connectivity index (χ3n) is 2.72. The minimum absolute atomic E-state index is 0.0646. The Morgan fingerprint density at radius 1 is 1.50 bits per heavy atom. The van der Waals surface area contributed by atoms with Crippen LogP contribution in [-0.2, 0) is 13.2 Å². The van der Waals surface area contributed by atoms with E-state index in [1.807, 2.05) is 12.1 Å². The number of aromatic nitrogens is 1. The highest BCUT2D eigenvalue weighted by molar-refractivity contribution is 7.09. The van der Waals surface area contributed by atoms with Crippen LogP contribution in [0.15, 0.2) is 29.8 Å². The molecular weight excluding hydrogens is 268 g/mol. The molecule has 0 amide bonds. The average molecular weight is 283 g/mol. The molecule has 0 aromatic carbocycles. The number of nitrogens with zero attached hydrogens (tertiary/aromatic N) is 2. The average Bonchev–Trinajstić information content (AvgIpc) is 2.89. The van der Waals surface area contributed by atoms with Gasteiger partial charge in [0.05, 0.1) is 18.2 Å². The number of halogens is 1. The third kappa shape index (κ3) is 3.02. The van der Waals surface area contributed by atoms with Gasteiger partial charge in [0.1, 0.15) is 5.82 Å². The van der Waals surface area contributed by atoms with Crippen LogP contribution in [0.3, 0.4) is 0 Å². The Kier molecular flexibility index (Phi) is 4.58. The number of thiophene rings is 1. The van der Waals surface area contributed by atoms with E-state index >= 15 is 0 Å². The molecule has 0 aliphatic rings. The summed E-state index contributed by atoms with van der Waals surface area (Å²) in [5.74, 6) is 0.847. The van der Waals surface area contributed by atoms with Crippen LogP contribution in [0.1, 0.15) is 17.4 Å². The Hall–Kier alpha value is -1.10. The van der Waals surface area contributed by atoms with Crippen LogP contribution in [0, 0.1) is 0 Å². The van der Waals surface area contributed by atoms with Crippen molar-refractivity contribution in [3.63, 3.8) is 0 Å². The van der Waals surface area contributed by atoms with Crippen LogP contribution in [0.25, 0.3) is 0 Å². The van der Waals surface area contributed by atoms with E-state index in [4.69, 9.17) is 11.6 Å². The number of hydrogen-bond acceptors (Lipinski definition) is 4. The fourth-order valence-corrected chi connectivity index (χ4v) is 2.59. The standard InChI is InChI=1S/C13H15ClN2OS/c1-2-16(8-11-4-3-5-18-11)13-6-10(9-17)12(14)7-15-13/h3-7,17H,2,8-9H2,1H3. The maximum Gasteiger partial charge on any atom is 0.129 e. The van der Waals surface area contributed by atoms with Crippen molar-refractivity contribution in [3.05, 3.63) is 45.2 Å². The van der Waals surface area contributed by atoms with Crippen molar-refractivity contribution in [3.8, 4) is 0 Å². The van der Waals surface area contributed by atoms with Crippen LogP contribution in [0.5, 0.6) is 0 Å². The highest BCUT2D eigenvalue weighted by Gasteiger charge is 2.10. The van der Waals surface area contributed by atoms with Gasteiger partial charge in [-0.05, 0) is 24.4 Å². The van der Waals surface area contributed by atoms with Gasteiger partial charge in [0.25, 0.3) is 0 Å². The zero-order chi connectivity index (χ0) is 13.0. The summed E-state index contributed by atoms with van der Waals surface area (Å²) in [6.07, 6.45) is 1.60. The lowest BCUT2D eigenvalue weighted by atomic mass is 10.2. The smallest absolute Gasteiger partial charge is 0.129 e. The third-order valence-corrected chi connectivity index (χ3v) is 3.92. The minimum atomic E-state index is -0.0646. The van der Waals surface area contributed by atoms with Crippen molar-refractivity contribution in [1.29, 1.82) is 0 Å². The Labute approximate surface area is 116 Å². The minimum Gasteiger partial charge on any atom is -0.392 e. The van der Waals surface area contributed by atoms with Crippen molar-refractivity contribution in [2.45, 2.75) is 20.1 Å². The molecule has 2 heterocycles. The van der Waals surface area contributed by atoms with Gasteiger partial charge in [-0.25, -0.2) is 4.98 Å². The Bertz CT molecular complexity index is 502. The molecule has 0 radical (unpaired) electrons. The van der Waals surface area contributed by atoms with Crippen molar-refractivity contribution in [2.75, 3.05) is 11.4 Å². The van der Waals surface area contributed by atoms with Crippen LogP contribution < -0.4 is 4.90 Å². The molecule has 2 aromatic heterocycles. The summed E-state index contributed by atoms with van der Waals surface area (Å²) in [4.78, 5) is 7.77. The predicted molar refractivity (Wildman–Crippen MR) is 76.2 cm³/mol. The number of rotatable bonds is 5. The molecule has 0 aliphatic carbocycles. The molecule has 3 nitrogen and oxygen atoms in total. The molecule has 0 spiro atoms. The molecule has 18 heavy (non-hydrogen) atoms. The predicted octanol–water partition coefficient (Wildman–Crippen LogP) is 3.32. The molecule has 2 rings (SSSR count). The first-order chi connectivity index (χ1) is 8.74. The highest BCUT2D eigenvalue weighted by Crippen LogP contribution is 2.22. The first kappa shape index (κ1) is 13.3. The Morgan fingerprint density at radius 2 is 2.33 bits per heavy atom. The van der Waals surface area contributed by atoms with E-state index in [2.05, 4.69) is 28.3 Å². The van der Waals surface area contributed by atoms with E-state index in [9.17, 15) is 5.11 Å². The second-order valence-corrected chi connectivity index (χ2v) is 5.33. The molecule has 0 atom stereocenters. The van der Waals surface area contributed by atoms with Crippen LogP contribution in [0.2, 0.25) is 5.02 Å². The summed E-state index contributed by atoms with van der Waals surface area (Å²) in [5, 5.41) is 11.8.